The van der Waals surface area contributed by atoms with Gasteiger partial charge in [0, 0.05) is 11.4 Å². The third-order valence-electron chi connectivity index (χ3n) is 2.27. The molecule has 14 heavy (non-hydrogen) atoms. The van der Waals surface area contributed by atoms with Gasteiger partial charge < -0.3 is 0 Å². The molecule has 2 aromatic heterocycles. The van der Waals surface area contributed by atoms with E-state index < -0.39 is 0 Å². The fourth-order valence-corrected chi connectivity index (χ4v) is 1.68. The van der Waals surface area contributed by atoms with Gasteiger partial charge in [-0.2, -0.15) is 0 Å². The van der Waals surface area contributed by atoms with E-state index in [1.165, 1.54) is 0 Å². The maximum Gasteiger partial charge on any atom is 0.235 e. The fourth-order valence-electron chi connectivity index (χ4n) is 1.68. The van der Waals surface area contributed by atoms with Gasteiger partial charge in [-0.25, -0.2) is 9.97 Å². The number of imidazole rings is 1. The van der Waals surface area contributed by atoms with Crippen LogP contribution in [-0.4, -0.2) is 14.4 Å². The van der Waals surface area contributed by atoms with Gasteiger partial charge in [0.2, 0.25) is 5.78 Å². The van der Waals surface area contributed by atoms with Gasteiger partial charge in [0.1, 0.15) is 5.69 Å². The summed E-state index contributed by atoms with van der Waals surface area (Å²) in [5.74, 6) is 3.25. The minimum Gasteiger partial charge on any atom is -0.284 e. The third-order valence-corrected chi connectivity index (χ3v) is 2.27. The van der Waals surface area contributed by atoms with Crippen molar-refractivity contribution in [3.05, 3.63) is 28.8 Å². The van der Waals surface area contributed by atoms with Crippen molar-refractivity contribution in [1.82, 2.24) is 14.4 Å². The van der Waals surface area contributed by atoms with Gasteiger partial charge in [-0.1, -0.05) is 0 Å². The molecule has 0 saturated carbocycles. The summed E-state index contributed by atoms with van der Waals surface area (Å²) in [5.41, 5.74) is 3.72. The Balaban J connectivity index is 2.94. The zero-order chi connectivity index (χ0) is 10.3. The highest BCUT2D eigenvalue weighted by atomic mass is 15.1. The molecule has 2 aromatic rings. The van der Waals surface area contributed by atoms with Gasteiger partial charge in [0.05, 0.1) is 5.69 Å². The molecule has 0 N–H and O–H groups in total. The standard InChI is InChI=1S/C11H11N3/c1-5-10-9(4)14-8(3)6-7(2)12-11(14)13-10/h1,6H,2-4H3. The van der Waals surface area contributed by atoms with E-state index in [1.807, 2.05) is 31.2 Å². The average molecular weight is 185 g/mol. The molecule has 0 radical (unpaired) electrons. The smallest absolute Gasteiger partial charge is 0.235 e. The molecule has 0 saturated heterocycles. The summed E-state index contributed by atoms with van der Waals surface area (Å²) < 4.78 is 1.97. The van der Waals surface area contributed by atoms with Crippen molar-refractivity contribution in [2.75, 3.05) is 0 Å². The van der Waals surface area contributed by atoms with Gasteiger partial charge in [-0.05, 0) is 32.8 Å². The van der Waals surface area contributed by atoms with Crippen LogP contribution < -0.4 is 0 Å². The second-order valence-corrected chi connectivity index (χ2v) is 3.36. The monoisotopic (exact) mass is 185 g/mol. The highest BCUT2D eigenvalue weighted by Crippen LogP contribution is 2.12. The molecule has 70 valence electrons. The minimum atomic E-state index is 0.672. The quantitative estimate of drug-likeness (QED) is 0.584. The molecule has 0 aliphatic rings. The number of hydrogen-bond acceptors (Lipinski definition) is 2. The molecule has 3 nitrogen and oxygen atoms in total. The normalized spacial score (nSPS) is 10.4. The van der Waals surface area contributed by atoms with E-state index in [0.29, 0.717) is 11.5 Å². The van der Waals surface area contributed by atoms with Gasteiger partial charge in [-0.15, -0.1) is 6.42 Å². The van der Waals surface area contributed by atoms with Gasteiger partial charge in [-0.3, -0.25) is 4.40 Å². The van der Waals surface area contributed by atoms with Crippen LogP contribution >= 0.6 is 0 Å². The Morgan fingerprint density at radius 1 is 1.29 bits per heavy atom. The predicted octanol–water partition coefficient (Wildman–Crippen LogP) is 1.64. The molecule has 2 heterocycles. The fraction of sp³-hybridized carbons (Fsp3) is 0.273. The van der Waals surface area contributed by atoms with Crippen LogP contribution in [0.3, 0.4) is 0 Å². The summed E-state index contributed by atoms with van der Waals surface area (Å²) in [5, 5.41) is 0. The van der Waals surface area contributed by atoms with Crippen molar-refractivity contribution in [2.24, 2.45) is 0 Å². The van der Waals surface area contributed by atoms with Crippen LogP contribution in [0, 0.1) is 33.1 Å². The molecule has 0 fully saturated rings. The number of rotatable bonds is 0. The lowest BCUT2D eigenvalue weighted by Gasteiger charge is -2.01. The zero-order valence-electron chi connectivity index (χ0n) is 8.50. The number of fused-ring (bicyclic) bond motifs is 1. The Labute approximate surface area is 82.8 Å². The Kier molecular flexibility index (Phi) is 1.78. The van der Waals surface area contributed by atoms with E-state index in [1.54, 1.807) is 0 Å². The van der Waals surface area contributed by atoms with E-state index in [-0.39, 0.29) is 0 Å². The van der Waals surface area contributed by atoms with Crippen molar-refractivity contribution in [1.29, 1.82) is 0 Å². The summed E-state index contributed by atoms with van der Waals surface area (Å²) >= 11 is 0. The van der Waals surface area contributed by atoms with Crippen molar-refractivity contribution < 1.29 is 0 Å². The first-order valence-corrected chi connectivity index (χ1v) is 4.43. The van der Waals surface area contributed by atoms with Gasteiger partial charge >= 0.3 is 0 Å². The molecule has 0 amide bonds. The van der Waals surface area contributed by atoms with Crippen molar-refractivity contribution >= 4 is 5.78 Å². The summed E-state index contributed by atoms with van der Waals surface area (Å²) in [6, 6.07) is 2.02. The van der Waals surface area contributed by atoms with Crippen molar-refractivity contribution in [3.8, 4) is 12.3 Å². The van der Waals surface area contributed by atoms with Crippen LogP contribution in [0.4, 0.5) is 0 Å². The van der Waals surface area contributed by atoms with Crippen LogP contribution in [0.5, 0.6) is 0 Å². The van der Waals surface area contributed by atoms with E-state index in [9.17, 15) is 0 Å². The minimum absolute atomic E-state index is 0.672. The van der Waals surface area contributed by atoms with Crippen LogP contribution in [0.25, 0.3) is 5.78 Å². The number of nitrogens with zero attached hydrogens (tertiary/aromatic N) is 3. The van der Waals surface area contributed by atoms with E-state index in [4.69, 9.17) is 6.42 Å². The number of hydrogen-bond donors (Lipinski definition) is 0. The van der Waals surface area contributed by atoms with Gasteiger partial charge in [0.15, 0.2) is 0 Å². The van der Waals surface area contributed by atoms with Crippen molar-refractivity contribution in [3.63, 3.8) is 0 Å². The lowest BCUT2D eigenvalue weighted by molar-refractivity contribution is 0.981. The predicted molar refractivity (Wildman–Crippen MR) is 55.1 cm³/mol. The topological polar surface area (TPSA) is 30.2 Å². The number of terminal acetylenes is 1. The second-order valence-electron chi connectivity index (χ2n) is 3.36. The van der Waals surface area contributed by atoms with Crippen LogP contribution in [0.1, 0.15) is 22.8 Å². The second kappa shape index (κ2) is 2.85. The first kappa shape index (κ1) is 8.76. The number of aryl methyl sites for hydroxylation is 3. The highest BCUT2D eigenvalue weighted by Gasteiger charge is 2.09. The maximum absolute atomic E-state index is 5.35. The van der Waals surface area contributed by atoms with Crippen LogP contribution in [0.2, 0.25) is 0 Å². The lowest BCUT2D eigenvalue weighted by atomic mass is 10.3. The molecular weight excluding hydrogens is 174 g/mol. The molecule has 0 aromatic carbocycles. The molecule has 0 aliphatic carbocycles. The summed E-state index contributed by atoms with van der Waals surface area (Å²) in [6.45, 7) is 5.93. The average Bonchev–Trinajstić information content (AvgIpc) is 2.42. The Morgan fingerprint density at radius 3 is 2.64 bits per heavy atom. The van der Waals surface area contributed by atoms with E-state index >= 15 is 0 Å². The van der Waals surface area contributed by atoms with E-state index in [0.717, 1.165) is 17.1 Å². The van der Waals surface area contributed by atoms with Gasteiger partial charge in [0.25, 0.3) is 0 Å². The third kappa shape index (κ3) is 1.08. The Morgan fingerprint density at radius 2 is 2.00 bits per heavy atom. The maximum atomic E-state index is 5.35. The van der Waals surface area contributed by atoms with Crippen molar-refractivity contribution in [2.45, 2.75) is 20.8 Å². The SMILES string of the molecule is C#Cc1nc2nc(C)cc(C)n2c1C. The molecule has 0 aliphatic heterocycles. The Bertz CT molecular complexity index is 544. The molecule has 0 bridgehead atoms. The molecule has 3 heteroatoms. The summed E-state index contributed by atoms with van der Waals surface area (Å²) in [6.07, 6.45) is 5.35. The molecule has 0 atom stereocenters. The zero-order valence-corrected chi connectivity index (χ0v) is 8.50. The summed E-state index contributed by atoms with van der Waals surface area (Å²) in [7, 11) is 0. The highest BCUT2D eigenvalue weighted by molar-refractivity contribution is 5.44. The van der Waals surface area contributed by atoms with Crippen LogP contribution in [-0.2, 0) is 0 Å². The molecule has 0 unspecified atom stereocenters. The first-order chi connectivity index (χ1) is 6.63. The molecule has 2 rings (SSSR count). The summed E-state index contributed by atoms with van der Waals surface area (Å²) in [4.78, 5) is 8.59. The Hall–Kier alpha value is -1.82. The van der Waals surface area contributed by atoms with E-state index in [2.05, 4.69) is 15.9 Å². The first-order valence-electron chi connectivity index (χ1n) is 4.43. The molecule has 0 spiro atoms. The van der Waals surface area contributed by atoms with Crippen LogP contribution in [0.15, 0.2) is 6.07 Å². The molecular formula is C11H11N3. The number of aromatic nitrogens is 3. The largest absolute Gasteiger partial charge is 0.284 e. The lowest BCUT2D eigenvalue weighted by Crippen LogP contribution is -1.97.